The van der Waals surface area contributed by atoms with E-state index in [4.69, 9.17) is 9.47 Å². The number of aromatic nitrogens is 2. The molecule has 0 aliphatic heterocycles. The molecule has 0 saturated heterocycles. The molecule has 2 amide bonds. The van der Waals surface area contributed by atoms with Gasteiger partial charge in [-0.05, 0) is 37.1 Å². The number of imidazole rings is 1. The largest absolute Gasteiger partial charge is 0.493 e. The zero-order valence-corrected chi connectivity index (χ0v) is 18.1. The summed E-state index contributed by atoms with van der Waals surface area (Å²) in [6, 6.07) is 10.1. The molecule has 0 aliphatic rings. The quantitative estimate of drug-likeness (QED) is 0.389. The number of ether oxygens (including phenoxy) is 2. The standard InChI is InChI=1S/C22H25N5O5/c1-15(16-4-6-18(7-5-16)26-11-10-23-14-26)25-22(28)24-9-8-17-12-20(31-2)21(32-3)13-19(17)27(29)30/h4-7,10-15H,8-9H2,1-3H3,(H2,24,25,28)/t15-/m0/s1. The highest BCUT2D eigenvalue weighted by atomic mass is 16.6. The van der Waals surface area contributed by atoms with Gasteiger partial charge in [-0.25, -0.2) is 9.78 Å². The van der Waals surface area contributed by atoms with E-state index < -0.39 is 4.92 Å². The summed E-state index contributed by atoms with van der Waals surface area (Å²) in [5, 5.41) is 17.0. The molecular formula is C22H25N5O5. The number of urea groups is 1. The van der Waals surface area contributed by atoms with Crippen LogP contribution in [0.5, 0.6) is 11.5 Å². The smallest absolute Gasteiger partial charge is 0.315 e. The van der Waals surface area contributed by atoms with Gasteiger partial charge in [0.05, 0.1) is 37.6 Å². The van der Waals surface area contributed by atoms with E-state index >= 15 is 0 Å². The van der Waals surface area contributed by atoms with Crippen molar-refractivity contribution < 1.29 is 19.2 Å². The number of carbonyl (C=O) groups excluding carboxylic acids is 1. The van der Waals surface area contributed by atoms with Gasteiger partial charge in [0, 0.05) is 30.2 Å². The van der Waals surface area contributed by atoms with Gasteiger partial charge in [0.15, 0.2) is 11.5 Å². The third-order valence-electron chi connectivity index (χ3n) is 5.00. The number of methoxy groups -OCH3 is 2. The van der Waals surface area contributed by atoms with Crippen molar-refractivity contribution >= 4 is 11.7 Å². The van der Waals surface area contributed by atoms with E-state index in [-0.39, 0.29) is 36.5 Å². The summed E-state index contributed by atoms with van der Waals surface area (Å²) in [6.45, 7) is 2.10. The Morgan fingerprint density at radius 1 is 1.19 bits per heavy atom. The molecule has 0 saturated carbocycles. The predicted octanol–water partition coefficient (Wildman–Crippen LogP) is 3.40. The highest BCUT2D eigenvalue weighted by Crippen LogP contribution is 2.34. The fourth-order valence-corrected chi connectivity index (χ4v) is 3.27. The van der Waals surface area contributed by atoms with Crippen LogP contribution in [-0.4, -0.2) is 41.3 Å². The lowest BCUT2D eigenvalue weighted by Crippen LogP contribution is -2.38. The van der Waals surface area contributed by atoms with E-state index in [1.54, 1.807) is 18.6 Å². The van der Waals surface area contributed by atoms with Crippen molar-refractivity contribution in [2.24, 2.45) is 0 Å². The average molecular weight is 439 g/mol. The van der Waals surface area contributed by atoms with Gasteiger partial charge in [0.2, 0.25) is 0 Å². The van der Waals surface area contributed by atoms with Crippen molar-refractivity contribution in [3.8, 4) is 17.2 Å². The molecule has 0 unspecified atom stereocenters. The molecule has 3 rings (SSSR count). The van der Waals surface area contributed by atoms with Gasteiger partial charge in [-0.15, -0.1) is 0 Å². The minimum absolute atomic E-state index is 0.0868. The van der Waals surface area contributed by atoms with Crippen molar-refractivity contribution in [2.75, 3.05) is 20.8 Å². The minimum atomic E-state index is -0.479. The van der Waals surface area contributed by atoms with Gasteiger partial charge < -0.3 is 24.7 Å². The van der Waals surface area contributed by atoms with E-state index in [9.17, 15) is 14.9 Å². The van der Waals surface area contributed by atoms with Crippen LogP contribution < -0.4 is 20.1 Å². The number of nitro groups is 1. The molecule has 0 radical (unpaired) electrons. The third-order valence-corrected chi connectivity index (χ3v) is 5.00. The van der Waals surface area contributed by atoms with Crippen LogP contribution in [0.1, 0.15) is 24.1 Å². The van der Waals surface area contributed by atoms with Crippen LogP contribution in [0.3, 0.4) is 0 Å². The summed E-state index contributed by atoms with van der Waals surface area (Å²) in [5.41, 5.74) is 2.27. The van der Waals surface area contributed by atoms with E-state index in [0.717, 1.165) is 11.3 Å². The van der Waals surface area contributed by atoms with Crippen molar-refractivity contribution in [3.63, 3.8) is 0 Å². The number of rotatable bonds is 9. The highest BCUT2D eigenvalue weighted by molar-refractivity contribution is 5.74. The van der Waals surface area contributed by atoms with Crippen LogP contribution in [0.4, 0.5) is 10.5 Å². The molecule has 0 fully saturated rings. The van der Waals surface area contributed by atoms with Gasteiger partial charge in [0.25, 0.3) is 5.69 Å². The topological polar surface area (TPSA) is 121 Å². The lowest BCUT2D eigenvalue weighted by atomic mass is 10.1. The highest BCUT2D eigenvalue weighted by Gasteiger charge is 2.19. The first kappa shape index (κ1) is 22.6. The number of nitrogens with one attached hydrogen (secondary N) is 2. The number of carbonyl (C=O) groups is 1. The van der Waals surface area contributed by atoms with Crippen LogP contribution in [0.25, 0.3) is 5.69 Å². The fourth-order valence-electron chi connectivity index (χ4n) is 3.27. The molecule has 1 aromatic heterocycles. The Morgan fingerprint density at radius 2 is 1.88 bits per heavy atom. The van der Waals surface area contributed by atoms with Crippen LogP contribution in [0.2, 0.25) is 0 Å². The summed E-state index contributed by atoms with van der Waals surface area (Å²) in [6.07, 6.45) is 5.54. The number of benzene rings is 2. The second-order valence-corrected chi connectivity index (χ2v) is 7.03. The maximum atomic E-state index is 12.3. The number of nitrogens with zero attached hydrogens (tertiary/aromatic N) is 3. The van der Waals surface area contributed by atoms with Crippen molar-refractivity contribution in [3.05, 3.63) is 76.4 Å². The maximum absolute atomic E-state index is 12.3. The average Bonchev–Trinajstić information content (AvgIpc) is 3.33. The van der Waals surface area contributed by atoms with Gasteiger partial charge >= 0.3 is 6.03 Å². The number of nitro benzene ring substituents is 1. The second kappa shape index (κ2) is 10.3. The number of hydrogen-bond donors (Lipinski definition) is 2. The van der Waals surface area contributed by atoms with Gasteiger partial charge in [-0.3, -0.25) is 10.1 Å². The fraction of sp³-hybridized carbons (Fsp3) is 0.273. The molecule has 1 heterocycles. The first-order chi connectivity index (χ1) is 15.4. The van der Waals surface area contributed by atoms with Gasteiger partial charge in [-0.1, -0.05) is 12.1 Å². The second-order valence-electron chi connectivity index (χ2n) is 7.03. The molecule has 3 aromatic rings. The molecule has 168 valence electrons. The lowest BCUT2D eigenvalue weighted by Gasteiger charge is -2.16. The Kier molecular flexibility index (Phi) is 7.27. The van der Waals surface area contributed by atoms with Crippen molar-refractivity contribution in [1.82, 2.24) is 20.2 Å². The third kappa shape index (κ3) is 5.34. The van der Waals surface area contributed by atoms with E-state index in [2.05, 4.69) is 15.6 Å². The zero-order chi connectivity index (χ0) is 23.1. The van der Waals surface area contributed by atoms with Gasteiger partial charge in [-0.2, -0.15) is 0 Å². The Balaban J connectivity index is 1.56. The molecule has 0 bridgehead atoms. The van der Waals surface area contributed by atoms with Crippen LogP contribution >= 0.6 is 0 Å². The molecule has 10 nitrogen and oxygen atoms in total. The van der Waals surface area contributed by atoms with E-state index in [0.29, 0.717) is 11.3 Å². The summed E-state index contributed by atoms with van der Waals surface area (Å²) in [5.74, 6) is 0.673. The van der Waals surface area contributed by atoms with E-state index in [1.807, 2.05) is 42.0 Å². The zero-order valence-electron chi connectivity index (χ0n) is 18.1. The molecule has 0 aliphatic carbocycles. The molecule has 1 atom stereocenters. The Bertz CT molecular complexity index is 1070. The molecular weight excluding hydrogens is 414 g/mol. The number of amides is 2. The van der Waals surface area contributed by atoms with Crippen LogP contribution in [0, 0.1) is 10.1 Å². The monoisotopic (exact) mass is 439 g/mol. The Labute approximate surface area is 185 Å². The summed E-state index contributed by atoms with van der Waals surface area (Å²) in [4.78, 5) is 27.2. The maximum Gasteiger partial charge on any atom is 0.315 e. The SMILES string of the molecule is COc1cc(CCNC(=O)N[C@@H](C)c2ccc(-n3ccnc3)cc2)c([N+](=O)[O-])cc1OC. The van der Waals surface area contributed by atoms with E-state index in [1.165, 1.54) is 20.3 Å². The normalized spacial score (nSPS) is 11.5. The lowest BCUT2D eigenvalue weighted by molar-refractivity contribution is -0.385. The Hall–Kier alpha value is -4.08. The van der Waals surface area contributed by atoms with Crippen LogP contribution in [0.15, 0.2) is 55.1 Å². The molecule has 32 heavy (non-hydrogen) atoms. The van der Waals surface area contributed by atoms with Crippen molar-refractivity contribution in [2.45, 2.75) is 19.4 Å². The minimum Gasteiger partial charge on any atom is -0.493 e. The number of hydrogen-bond acceptors (Lipinski definition) is 6. The first-order valence-electron chi connectivity index (χ1n) is 9.95. The molecule has 2 aromatic carbocycles. The molecule has 0 spiro atoms. The summed E-state index contributed by atoms with van der Waals surface area (Å²) >= 11 is 0. The van der Waals surface area contributed by atoms with Gasteiger partial charge in [0.1, 0.15) is 0 Å². The molecule has 10 heteroatoms. The summed E-state index contributed by atoms with van der Waals surface area (Å²) < 4.78 is 12.2. The Morgan fingerprint density at radius 3 is 2.47 bits per heavy atom. The first-order valence-corrected chi connectivity index (χ1v) is 9.95. The summed E-state index contributed by atoms with van der Waals surface area (Å²) in [7, 11) is 2.88. The molecule has 2 N–H and O–H groups in total. The van der Waals surface area contributed by atoms with Crippen molar-refractivity contribution in [1.29, 1.82) is 0 Å². The van der Waals surface area contributed by atoms with Crippen LogP contribution in [-0.2, 0) is 6.42 Å². The predicted molar refractivity (Wildman–Crippen MR) is 118 cm³/mol.